The smallest absolute Gasteiger partial charge is 0.179 e. The van der Waals surface area contributed by atoms with Crippen molar-refractivity contribution in [1.82, 2.24) is 4.98 Å². The molecule has 0 saturated carbocycles. The highest BCUT2D eigenvalue weighted by molar-refractivity contribution is 7.09. The minimum atomic E-state index is -0.653. The van der Waals surface area contributed by atoms with E-state index in [2.05, 4.69) is 4.98 Å². The van der Waals surface area contributed by atoms with Crippen molar-refractivity contribution in [2.24, 2.45) is 0 Å². The zero-order chi connectivity index (χ0) is 13.2. The summed E-state index contributed by atoms with van der Waals surface area (Å²) in [5.74, 6) is 1.14. The van der Waals surface area contributed by atoms with E-state index in [9.17, 15) is 5.11 Å². The Labute approximate surface area is 119 Å². The summed E-state index contributed by atoms with van der Waals surface area (Å²) in [5, 5.41) is 13.5. The summed E-state index contributed by atoms with van der Waals surface area (Å²) >= 11 is 7.66. The third-order valence-corrected chi connectivity index (χ3v) is 3.94. The van der Waals surface area contributed by atoms with Crippen LogP contribution in [-0.4, -0.2) is 23.3 Å². The SMILES string of the molecule is OC(Cc1nccs1)c1cc(Cl)c2c(c1)OCCO2. The van der Waals surface area contributed by atoms with Crippen molar-refractivity contribution >= 4 is 22.9 Å². The standard InChI is InChI=1S/C13H12ClNO3S/c14-9-5-8(6-11-13(9)18-3-2-17-11)10(16)7-12-15-1-4-19-12/h1,4-6,10,16H,2-3,7H2. The number of fused-ring (bicyclic) bond motifs is 1. The molecule has 0 aliphatic carbocycles. The first-order valence-corrected chi connectivity index (χ1v) is 7.15. The highest BCUT2D eigenvalue weighted by Gasteiger charge is 2.20. The lowest BCUT2D eigenvalue weighted by molar-refractivity contribution is 0.164. The number of hydrogen-bond acceptors (Lipinski definition) is 5. The van der Waals surface area contributed by atoms with Crippen molar-refractivity contribution in [3.63, 3.8) is 0 Å². The molecule has 0 amide bonds. The van der Waals surface area contributed by atoms with Crippen LogP contribution in [0.1, 0.15) is 16.7 Å². The average molecular weight is 298 g/mol. The molecule has 1 aromatic heterocycles. The topological polar surface area (TPSA) is 51.6 Å². The van der Waals surface area contributed by atoms with Crippen molar-refractivity contribution in [3.05, 3.63) is 39.3 Å². The molecule has 2 aromatic rings. The number of benzene rings is 1. The van der Waals surface area contributed by atoms with Gasteiger partial charge in [-0.05, 0) is 17.7 Å². The van der Waals surface area contributed by atoms with Crippen LogP contribution in [0.5, 0.6) is 11.5 Å². The second-order valence-electron chi connectivity index (χ2n) is 4.17. The average Bonchev–Trinajstić information content (AvgIpc) is 2.91. The number of ether oxygens (including phenoxy) is 2. The lowest BCUT2D eigenvalue weighted by Gasteiger charge is -2.21. The van der Waals surface area contributed by atoms with Crippen LogP contribution in [0.25, 0.3) is 0 Å². The van der Waals surface area contributed by atoms with Crippen LogP contribution in [0.4, 0.5) is 0 Å². The van der Waals surface area contributed by atoms with E-state index in [0.717, 1.165) is 5.01 Å². The Morgan fingerprint density at radius 3 is 3.00 bits per heavy atom. The van der Waals surface area contributed by atoms with Gasteiger partial charge >= 0.3 is 0 Å². The molecule has 6 heteroatoms. The summed E-state index contributed by atoms with van der Waals surface area (Å²) in [5.41, 5.74) is 0.712. The molecule has 2 heterocycles. The third kappa shape index (κ3) is 2.68. The molecule has 0 spiro atoms. The van der Waals surface area contributed by atoms with Crippen molar-refractivity contribution in [3.8, 4) is 11.5 Å². The van der Waals surface area contributed by atoms with Gasteiger partial charge in [-0.15, -0.1) is 11.3 Å². The molecule has 0 radical (unpaired) electrons. The highest BCUT2D eigenvalue weighted by atomic mass is 35.5. The third-order valence-electron chi connectivity index (χ3n) is 2.86. The zero-order valence-electron chi connectivity index (χ0n) is 10.0. The molecule has 1 unspecified atom stereocenters. The van der Waals surface area contributed by atoms with Crippen LogP contribution in [0, 0.1) is 0 Å². The molecular weight excluding hydrogens is 286 g/mol. The van der Waals surface area contributed by atoms with Gasteiger partial charge in [0.25, 0.3) is 0 Å². The maximum absolute atomic E-state index is 10.2. The predicted molar refractivity (Wildman–Crippen MR) is 73.2 cm³/mol. The summed E-state index contributed by atoms with van der Waals surface area (Å²) in [4.78, 5) is 4.16. The maximum atomic E-state index is 10.2. The number of nitrogens with zero attached hydrogens (tertiary/aromatic N) is 1. The van der Waals surface area contributed by atoms with Gasteiger partial charge in [0.2, 0.25) is 0 Å². The molecular formula is C13H12ClNO3S. The number of rotatable bonds is 3. The quantitative estimate of drug-likeness (QED) is 0.946. The van der Waals surface area contributed by atoms with Crippen LogP contribution >= 0.6 is 22.9 Å². The minimum Gasteiger partial charge on any atom is -0.486 e. The molecule has 0 bridgehead atoms. The van der Waals surface area contributed by atoms with Gasteiger partial charge in [-0.3, -0.25) is 0 Å². The van der Waals surface area contributed by atoms with Gasteiger partial charge in [0.15, 0.2) is 11.5 Å². The molecule has 0 saturated heterocycles. The van der Waals surface area contributed by atoms with Gasteiger partial charge < -0.3 is 14.6 Å². The Morgan fingerprint density at radius 1 is 1.37 bits per heavy atom. The molecule has 1 aliphatic heterocycles. The maximum Gasteiger partial charge on any atom is 0.179 e. The van der Waals surface area contributed by atoms with E-state index in [1.807, 2.05) is 5.38 Å². The molecule has 3 rings (SSSR count). The van der Waals surface area contributed by atoms with Crippen LogP contribution in [-0.2, 0) is 6.42 Å². The molecule has 0 fully saturated rings. The van der Waals surface area contributed by atoms with E-state index >= 15 is 0 Å². The summed E-state index contributed by atoms with van der Waals surface area (Å²) in [6.45, 7) is 0.989. The first-order valence-electron chi connectivity index (χ1n) is 5.89. The van der Waals surface area contributed by atoms with E-state index in [0.29, 0.717) is 41.7 Å². The van der Waals surface area contributed by atoms with E-state index in [1.54, 1.807) is 18.3 Å². The Bertz CT molecular complexity index is 574. The van der Waals surface area contributed by atoms with Gasteiger partial charge in [0.1, 0.15) is 13.2 Å². The van der Waals surface area contributed by atoms with Gasteiger partial charge in [-0.25, -0.2) is 4.98 Å². The second kappa shape index (κ2) is 5.36. The van der Waals surface area contributed by atoms with Crippen LogP contribution in [0.15, 0.2) is 23.7 Å². The Morgan fingerprint density at radius 2 is 2.21 bits per heavy atom. The molecule has 4 nitrogen and oxygen atoms in total. The van der Waals surface area contributed by atoms with E-state index in [4.69, 9.17) is 21.1 Å². The normalized spacial score (nSPS) is 15.3. The van der Waals surface area contributed by atoms with Crippen molar-refractivity contribution in [2.75, 3.05) is 13.2 Å². The van der Waals surface area contributed by atoms with E-state index in [1.165, 1.54) is 11.3 Å². The van der Waals surface area contributed by atoms with E-state index in [-0.39, 0.29) is 0 Å². The van der Waals surface area contributed by atoms with Crippen LogP contribution < -0.4 is 9.47 Å². The Hall–Kier alpha value is -1.30. The fraction of sp³-hybridized carbons (Fsp3) is 0.308. The first-order chi connectivity index (χ1) is 9.24. The molecule has 19 heavy (non-hydrogen) atoms. The van der Waals surface area contributed by atoms with Gasteiger partial charge in [0.05, 0.1) is 16.1 Å². The summed E-state index contributed by atoms with van der Waals surface area (Å²) < 4.78 is 10.9. The Kier molecular flexibility index (Phi) is 3.59. The van der Waals surface area contributed by atoms with Crippen LogP contribution in [0.3, 0.4) is 0 Å². The predicted octanol–water partition coefficient (Wildman–Crippen LogP) is 2.84. The summed E-state index contributed by atoms with van der Waals surface area (Å²) in [6.07, 6.45) is 1.54. The van der Waals surface area contributed by atoms with Crippen molar-refractivity contribution in [1.29, 1.82) is 0 Å². The van der Waals surface area contributed by atoms with Crippen LogP contribution in [0.2, 0.25) is 5.02 Å². The van der Waals surface area contributed by atoms with Gasteiger partial charge in [-0.1, -0.05) is 11.6 Å². The largest absolute Gasteiger partial charge is 0.486 e. The molecule has 1 aliphatic rings. The number of halogens is 1. The zero-order valence-corrected chi connectivity index (χ0v) is 11.6. The minimum absolute atomic E-state index is 0.463. The molecule has 100 valence electrons. The lowest BCUT2D eigenvalue weighted by atomic mass is 10.1. The number of hydrogen-bond donors (Lipinski definition) is 1. The number of aliphatic hydroxyl groups is 1. The van der Waals surface area contributed by atoms with Gasteiger partial charge in [0, 0.05) is 18.0 Å². The molecule has 1 aromatic carbocycles. The highest BCUT2D eigenvalue weighted by Crippen LogP contribution is 2.40. The van der Waals surface area contributed by atoms with E-state index < -0.39 is 6.10 Å². The lowest BCUT2D eigenvalue weighted by Crippen LogP contribution is -2.16. The number of thiazole rings is 1. The molecule has 1 N–H and O–H groups in total. The number of aromatic nitrogens is 1. The van der Waals surface area contributed by atoms with Gasteiger partial charge in [-0.2, -0.15) is 0 Å². The van der Waals surface area contributed by atoms with Crippen molar-refractivity contribution in [2.45, 2.75) is 12.5 Å². The summed E-state index contributed by atoms with van der Waals surface area (Å²) in [7, 11) is 0. The first kappa shape index (κ1) is 12.7. The number of aliphatic hydroxyl groups excluding tert-OH is 1. The summed E-state index contributed by atoms with van der Waals surface area (Å²) in [6, 6.07) is 3.49. The fourth-order valence-corrected chi connectivity index (χ4v) is 2.89. The monoisotopic (exact) mass is 297 g/mol. The Balaban J connectivity index is 1.86. The van der Waals surface area contributed by atoms with Crippen molar-refractivity contribution < 1.29 is 14.6 Å². The second-order valence-corrected chi connectivity index (χ2v) is 5.56. The fourth-order valence-electron chi connectivity index (χ4n) is 1.96. The molecule has 1 atom stereocenters.